The first kappa shape index (κ1) is 22.1. The topological polar surface area (TPSA) is 54.0 Å². The number of amides is 1. The number of halogens is 3. The lowest BCUT2D eigenvalue weighted by atomic mass is 10.1. The Morgan fingerprint density at radius 2 is 1.76 bits per heavy atom. The predicted molar refractivity (Wildman–Crippen MR) is 124 cm³/mol. The summed E-state index contributed by atoms with van der Waals surface area (Å²) in [6.45, 7) is 2.53. The number of nitrogens with one attached hydrogen (secondary N) is 2. The lowest BCUT2D eigenvalue weighted by Gasteiger charge is -2.12. The Bertz CT molecular complexity index is 1350. The molecule has 0 atom stereocenters. The highest BCUT2D eigenvalue weighted by Gasteiger charge is 2.12. The quantitative estimate of drug-likeness (QED) is 0.272. The van der Waals surface area contributed by atoms with E-state index in [1.807, 2.05) is 43.3 Å². The molecule has 0 aliphatic heterocycles. The molecule has 7 heteroatoms. The van der Waals surface area contributed by atoms with Gasteiger partial charge < -0.3 is 10.6 Å². The van der Waals surface area contributed by atoms with Crippen molar-refractivity contribution >= 4 is 34.3 Å². The summed E-state index contributed by atoms with van der Waals surface area (Å²) in [5.74, 6) is -4.76. The van der Waals surface area contributed by atoms with Crippen molar-refractivity contribution in [3.05, 3.63) is 107 Å². The van der Waals surface area contributed by atoms with Crippen LogP contribution in [-0.4, -0.2) is 10.9 Å². The molecule has 4 aromatic rings. The molecule has 4 rings (SSSR count). The molecule has 33 heavy (non-hydrogen) atoms. The van der Waals surface area contributed by atoms with Gasteiger partial charge in [0.2, 0.25) is 5.91 Å². The summed E-state index contributed by atoms with van der Waals surface area (Å²) in [6, 6.07) is 19.0. The van der Waals surface area contributed by atoms with Gasteiger partial charge in [-0.3, -0.25) is 9.78 Å². The van der Waals surface area contributed by atoms with Crippen LogP contribution in [0.5, 0.6) is 0 Å². The Balaban J connectivity index is 1.54. The number of benzene rings is 3. The molecule has 1 aromatic heterocycles. The van der Waals surface area contributed by atoms with Crippen molar-refractivity contribution in [2.75, 3.05) is 10.6 Å². The highest BCUT2D eigenvalue weighted by Crippen LogP contribution is 2.27. The number of carbonyl (C=O) groups excluding carboxylic acids is 1. The number of nitrogens with zero attached hydrogens (tertiary/aromatic N) is 1. The largest absolute Gasteiger partial charge is 0.380 e. The first-order valence-corrected chi connectivity index (χ1v) is 10.2. The van der Waals surface area contributed by atoms with Crippen LogP contribution in [0, 0.1) is 24.4 Å². The lowest BCUT2D eigenvalue weighted by molar-refractivity contribution is -0.111. The molecule has 0 saturated heterocycles. The normalized spacial score (nSPS) is 11.2. The van der Waals surface area contributed by atoms with E-state index in [0.29, 0.717) is 12.2 Å². The number of hydrogen-bond donors (Lipinski definition) is 2. The van der Waals surface area contributed by atoms with E-state index in [4.69, 9.17) is 0 Å². The Hall–Kier alpha value is -4.13. The number of pyridine rings is 1. The van der Waals surface area contributed by atoms with Crippen LogP contribution in [0.15, 0.2) is 72.8 Å². The van der Waals surface area contributed by atoms with Crippen LogP contribution < -0.4 is 10.6 Å². The molecule has 0 spiro atoms. The van der Waals surface area contributed by atoms with Crippen LogP contribution in [0.25, 0.3) is 17.0 Å². The Morgan fingerprint density at radius 3 is 2.55 bits per heavy atom. The second-order valence-corrected chi connectivity index (χ2v) is 7.47. The van der Waals surface area contributed by atoms with E-state index in [1.54, 1.807) is 18.2 Å². The zero-order valence-electron chi connectivity index (χ0n) is 17.7. The fourth-order valence-corrected chi connectivity index (χ4v) is 3.39. The van der Waals surface area contributed by atoms with Gasteiger partial charge >= 0.3 is 0 Å². The van der Waals surface area contributed by atoms with Crippen molar-refractivity contribution in [2.24, 2.45) is 0 Å². The average molecular weight is 447 g/mol. The zero-order valence-corrected chi connectivity index (χ0v) is 17.7. The molecule has 0 aliphatic rings. The molecule has 0 radical (unpaired) electrons. The van der Waals surface area contributed by atoms with E-state index in [9.17, 15) is 18.0 Å². The molecule has 0 saturated carbocycles. The summed E-state index contributed by atoms with van der Waals surface area (Å²) in [6.07, 6.45) is 2.15. The van der Waals surface area contributed by atoms with Gasteiger partial charge in [0.25, 0.3) is 0 Å². The zero-order chi connectivity index (χ0) is 23.4. The standard InChI is InChI=1S/C26H20F3N3O/c1-16-13-23(30-15-17-5-3-2-4-6-17)20-14-19(9-11-22(20)31-16)32-24(33)12-8-18-7-10-21(27)26(29)25(18)28/h2-14H,15H2,1H3,(H,30,31)(H,32,33)/b12-8+. The molecule has 0 unspecified atom stereocenters. The van der Waals surface area contributed by atoms with Gasteiger partial charge in [-0.05, 0) is 55.0 Å². The third-order valence-corrected chi connectivity index (χ3v) is 5.01. The Kier molecular flexibility index (Phi) is 6.40. The van der Waals surface area contributed by atoms with Crippen LogP contribution in [-0.2, 0) is 11.3 Å². The number of anilines is 2. The van der Waals surface area contributed by atoms with Crippen molar-refractivity contribution in [3.63, 3.8) is 0 Å². The van der Waals surface area contributed by atoms with E-state index in [0.717, 1.165) is 52.1 Å². The van der Waals surface area contributed by atoms with Crippen LogP contribution in [0.1, 0.15) is 16.8 Å². The third kappa shape index (κ3) is 5.20. The monoisotopic (exact) mass is 447 g/mol. The van der Waals surface area contributed by atoms with Gasteiger partial charge in [-0.1, -0.05) is 30.3 Å². The minimum atomic E-state index is -1.58. The van der Waals surface area contributed by atoms with Crippen molar-refractivity contribution in [2.45, 2.75) is 13.5 Å². The van der Waals surface area contributed by atoms with Crippen molar-refractivity contribution in [3.8, 4) is 0 Å². The molecule has 2 N–H and O–H groups in total. The highest BCUT2D eigenvalue weighted by molar-refractivity contribution is 6.04. The number of carbonyl (C=O) groups is 1. The molecule has 0 fully saturated rings. The molecule has 0 aliphatic carbocycles. The predicted octanol–water partition coefficient (Wildman–Crippen LogP) is 6.22. The maximum Gasteiger partial charge on any atom is 0.248 e. The number of fused-ring (bicyclic) bond motifs is 1. The third-order valence-electron chi connectivity index (χ3n) is 5.01. The van der Waals surface area contributed by atoms with Crippen LogP contribution in [0.3, 0.4) is 0 Å². The molecule has 0 bridgehead atoms. The van der Waals surface area contributed by atoms with E-state index < -0.39 is 23.4 Å². The summed E-state index contributed by atoms with van der Waals surface area (Å²) >= 11 is 0. The van der Waals surface area contributed by atoms with E-state index in [-0.39, 0.29) is 5.56 Å². The van der Waals surface area contributed by atoms with E-state index in [2.05, 4.69) is 15.6 Å². The summed E-state index contributed by atoms with van der Waals surface area (Å²) in [5, 5.41) is 6.93. The number of hydrogen-bond acceptors (Lipinski definition) is 3. The minimum Gasteiger partial charge on any atom is -0.380 e. The Labute approximate surface area is 188 Å². The molecule has 4 nitrogen and oxygen atoms in total. The van der Waals surface area contributed by atoms with Gasteiger partial charge in [0.15, 0.2) is 17.5 Å². The smallest absolute Gasteiger partial charge is 0.248 e. The van der Waals surface area contributed by atoms with Crippen LogP contribution in [0.4, 0.5) is 24.5 Å². The maximum atomic E-state index is 13.8. The highest BCUT2D eigenvalue weighted by atomic mass is 19.2. The molecule has 1 amide bonds. The summed E-state index contributed by atoms with van der Waals surface area (Å²) in [7, 11) is 0. The van der Waals surface area contributed by atoms with Crippen molar-refractivity contribution < 1.29 is 18.0 Å². The molecular weight excluding hydrogens is 427 g/mol. The first-order chi connectivity index (χ1) is 15.9. The first-order valence-electron chi connectivity index (χ1n) is 10.2. The summed E-state index contributed by atoms with van der Waals surface area (Å²) < 4.78 is 40.2. The van der Waals surface area contributed by atoms with Crippen molar-refractivity contribution in [1.29, 1.82) is 0 Å². The number of aromatic nitrogens is 1. The van der Waals surface area contributed by atoms with Gasteiger partial charge in [-0.25, -0.2) is 13.2 Å². The fraction of sp³-hybridized carbons (Fsp3) is 0.0769. The molecule has 166 valence electrons. The lowest BCUT2D eigenvalue weighted by Crippen LogP contribution is -2.08. The van der Waals surface area contributed by atoms with Gasteiger partial charge in [0, 0.05) is 40.6 Å². The van der Waals surface area contributed by atoms with E-state index >= 15 is 0 Å². The van der Waals surface area contributed by atoms with Crippen molar-refractivity contribution in [1.82, 2.24) is 4.98 Å². The molecule has 1 heterocycles. The maximum absolute atomic E-state index is 13.8. The van der Waals surface area contributed by atoms with Gasteiger partial charge in [0.05, 0.1) is 5.52 Å². The van der Waals surface area contributed by atoms with Gasteiger partial charge in [-0.2, -0.15) is 0 Å². The van der Waals surface area contributed by atoms with Crippen LogP contribution in [0.2, 0.25) is 0 Å². The number of rotatable bonds is 6. The van der Waals surface area contributed by atoms with Crippen LogP contribution >= 0.6 is 0 Å². The summed E-state index contributed by atoms with van der Waals surface area (Å²) in [4.78, 5) is 16.9. The molecule has 3 aromatic carbocycles. The SMILES string of the molecule is Cc1cc(NCc2ccccc2)c2cc(NC(=O)/C=C/c3ccc(F)c(F)c3F)ccc2n1. The summed E-state index contributed by atoms with van der Waals surface area (Å²) in [5.41, 5.74) is 3.90. The minimum absolute atomic E-state index is 0.227. The van der Waals surface area contributed by atoms with Gasteiger partial charge in [0.1, 0.15) is 0 Å². The number of aryl methyl sites for hydroxylation is 1. The average Bonchev–Trinajstić information content (AvgIpc) is 2.81. The van der Waals surface area contributed by atoms with E-state index in [1.165, 1.54) is 0 Å². The fourth-order valence-electron chi connectivity index (χ4n) is 3.39. The second-order valence-electron chi connectivity index (χ2n) is 7.47. The second kappa shape index (κ2) is 9.56. The Morgan fingerprint density at radius 1 is 0.970 bits per heavy atom. The molecular formula is C26H20F3N3O. The van der Waals surface area contributed by atoms with Gasteiger partial charge in [-0.15, -0.1) is 0 Å².